The van der Waals surface area contributed by atoms with Crippen molar-refractivity contribution in [1.29, 1.82) is 0 Å². The molecule has 26 heavy (non-hydrogen) atoms. The van der Waals surface area contributed by atoms with Crippen molar-refractivity contribution in [3.8, 4) is 11.1 Å². The number of hydrogen-bond donors (Lipinski definition) is 0. The number of fused-ring (bicyclic) bond motifs is 3. The summed E-state index contributed by atoms with van der Waals surface area (Å²) in [6.45, 7) is 1.70. The van der Waals surface area contributed by atoms with Crippen LogP contribution in [0.4, 0.5) is 10.1 Å². The lowest BCUT2D eigenvalue weighted by atomic mass is 9.70. The molecule has 1 amide bonds. The summed E-state index contributed by atoms with van der Waals surface area (Å²) in [7, 11) is 0. The van der Waals surface area contributed by atoms with Crippen molar-refractivity contribution >= 4 is 46.4 Å². The second-order valence-electron chi connectivity index (χ2n) is 6.80. The van der Waals surface area contributed by atoms with E-state index in [0.29, 0.717) is 27.3 Å². The van der Waals surface area contributed by atoms with Gasteiger partial charge in [-0.25, -0.2) is 4.39 Å². The van der Waals surface area contributed by atoms with E-state index in [1.165, 1.54) is 6.07 Å². The van der Waals surface area contributed by atoms with Gasteiger partial charge in [0.2, 0.25) is 5.78 Å². The number of benzene rings is 2. The van der Waals surface area contributed by atoms with Crippen LogP contribution in [-0.4, -0.2) is 17.5 Å². The Labute approximate surface area is 157 Å². The molecule has 1 saturated heterocycles. The predicted molar refractivity (Wildman–Crippen MR) is 94.0 cm³/mol. The van der Waals surface area contributed by atoms with E-state index in [-0.39, 0.29) is 16.5 Å². The van der Waals surface area contributed by atoms with E-state index >= 15 is 0 Å². The molecule has 2 heterocycles. The zero-order chi connectivity index (χ0) is 18.5. The Bertz CT molecular complexity index is 1080. The molecule has 3 atom stereocenters. The van der Waals surface area contributed by atoms with Crippen molar-refractivity contribution in [3.63, 3.8) is 0 Å². The third-order valence-electron chi connectivity index (χ3n) is 5.58. The molecule has 0 spiro atoms. The summed E-state index contributed by atoms with van der Waals surface area (Å²) in [5.74, 6) is -4.51. The molecule has 0 aromatic heterocycles. The number of halogens is 3. The molecule has 0 N–H and O–H groups in total. The molecule has 1 aliphatic carbocycles. The lowest BCUT2D eigenvalue weighted by molar-refractivity contribution is -0.139. The highest BCUT2D eigenvalue weighted by Crippen LogP contribution is 2.57. The zero-order valence-electron chi connectivity index (χ0n) is 13.3. The first-order valence-corrected chi connectivity index (χ1v) is 8.81. The van der Waals surface area contributed by atoms with Gasteiger partial charge < -0.3 is 0 Å². The molecule has 3 unspecified atom stereocenters. The Morgan fingerprint density at radius 3 is 2.54 bits per heavy atom. The number of amides is 1. The summed E-state index contributed by atoms with van der Waals surface area (Å²) in [6.07, 6.45) is 0. The average molecular weight is 390 g/mol. The van der Waals surface area contributed by atoms with E-state index in [1.807, 2.05) is 0 Å². The minimum atomic E-state index is -1.13. The van der Waals surface area contributed by atoms with Gasteiger partial charge in [0.15, 0.2) is 11.6 Å². The van der Waals surface area contributed by atoms with Crippen LogP contribution in [0.25, 0.3) is 11.1 Å². The smallest absolute Gasteiger partial charge is 0.295 e. The van der Waals surface area contributed by atoms with Gasteiger partial charge in [-0.2, -0.15) is 0 Å². The first-order valence-electron chi connectivity index (χ1n) is 8.05. The number of carbonyl (C=O) groups is 3. The molecular weight excluding hydrogens is 380 g/mol. The largest absolute Gasteiger partial charge is 0.298 e. The minimum Gasteiger partial charge on any atom is -0.298 e. The van der Waals surface area contributed by atoms with Crippen LogP contribution in [0.2, 0.25) is 10.0 Å². The number of carbonyl (C=O) groups excluding carboxylic acids is 3. The van der Waals surface area contributed by atoms with Crippen LogP contribution in [-0.2, 0) is 14.4 Å². The van der Waals surface area contributed by atoms with E-state index in [2.05, 4.69) is 0 Å². The Balaban J connectivity index is 1.98. The van der Waals surface area contributed by atoms with Gasteiger partial charge in [-0.1, -0.05) is 36.2 Å². The molecule has 3 aliphatic rings. The van der Waals surface area contributed by atoms with Crippen LogP contribution in [0.15, 0.2) is 24.3 Å². The summed E-state index contributed by atoms with van der Waals surface area (Å²) in [6, 6.07) is 5.52. The third kappa shape index (κ3) is 1.68. The van der Waals surface area contributed by atoms with E-state index in [0.717, 1.165) is 4.90 Å². The lowest BCUT2D eigenvalue weighted by Crippen LogP contribution is -2.39. The second-order valence-corrected chi connectivity index (χ2v) is 7.64. The lowest BCUT2D eigenvalue weighted by Gasteiger charge is -2.40. The Morgan fingerprint density at radius 1 is 1.08 bits per heavy atom. The molecule has 0 radical (unpaired) electrons. The van der Waals surface area contributed by atoms with Crippen LogP contribution < -0.4 is 4.90 Å². The van der Waals surface area contributed by atoms with Crippen molar-refractivity contribution in [1.82, 2.24) is 0 Å². The van der Waals surface area contributed by atoms with Crippen LogP contribution in [0.3, 0.4) is 0 Å². The van der Waals surface area contributed by atoms with Crippen LogP contribution in [0.5, 0.6) is 0 Å². The highest BCUT2D eigenvalue weighted by atomic mass is 35.5. The number of Topliss-reactive ketones (excluding diaryl/α,β-unsaturated/α-hetero) is 2. The van der Waals surface area contributed by atoms with Crippen molar-refractivity contribution in [2.75, 3.05) is 4.90 Å². The predicted octanol–water partition coefficient (Wildman–Crippen LogP) is 4.07. The Kier molecular flexibility index (Phi) is 3.03. The number of rotatable bonds is 0. The maximum absolute atomic E-state index is 14.9. The van der Waals surface area contributed by atoms with E-state index in [4.69, 9.17) is 23.2 Å². The molecular formula is C19H10Cl2FNO3. The Hall–Kier alpha value is -2.24. The molecule has 2 aromatic rings. The van der Waals surface area contributed by atoms with Gasteiger partial charge in [0.1, 0.15) is 5.92 Å². The first-order chi connectivity index (χ1) is 12.3. The normalized spacial score (nSPS) is 25.5. The van der Waals surface area contributed by atoms with Crippen LogP contribution in [0.1, 0.15) is 30.0 Å². The fraction of sp³-hybridized carbons (Fsp3) is 0.211. The van der Waals surface area contributed by atoms with Crippen molar-refractivity contribution < 1.29 is 18.8 Å². The summed E-state index contributed by atoms with van der Waals surface area (Å²) < 4.78 is 14.9. The molecule has 2 aliphatic heterocycles. The number of hydrogen-bond acceptors (Lipinski definition) is 3. The maximum atomic E-state index is 14.9. The van der Waals surface area contributed by atoms with Crippen molar-refractivity contribution in [2.45, 2.75) is 18.9 Å². The van der Waals surface area contributed by atoms with Gasteiger partial charge >= 0.3 is 0 Å². The van der Waals surface area contributed by atoms with E-state index in [1.54, 1.807) is 25.1 Å². The fourth-order valence-corrected chi connectivity index (χ4v) is 4.84. The topological polar surface area (TPSA) is 54.5 Å². The van der Waals surface area contributed by atoms with Gasteiger partial charge in [-0.05, 0) is 34.9 Å². The average Bonchev–Trinajstić information content (AvgIpc) is 2.87. The molecule has 1 fully saturated rings. The highest BCUT2D eigenvalue weighted by molar-refractivity contribution is 6.49. The van der Waals surface area contributed by atoms with Gasteiger partial charge in [-0.3, -0.25) is 19.3 Å². The summed E-state index contributed by atoms with van der Waals surface area (Å²) in [4.78, 5) is 39.2. The summed E-state index contributed by atoms with van der Waals surface area (Å²) >= 11 is 12.2. The standard InChI is InChI=1S/C19H10Cl2FNO3/c1-6-9-4-7(20)5-10-8-2-3-11(21)14(22)15(8)23-16(12(9)10)13(17(6)24)18(25)19(23)26/h2-6,13,16H,1H3. The highest BCUT2D eigenvalue weighted by Gasteiger charge is 2.59. The van der Waals surface area contributed by atoms with Crippen molar-refractivity contribution in [3.05, 3.63) is 51.3 Å². The second kappa shape index (κ2) is 4.93. The molecule has 5 rings (SSSR count). The molecule has 2 aromatic carbocycles. The van der Waals surface area contributed by atoms with Crippen LogP contribution in [0, 0.1) is 11.7 Å². The number of nitrogens with zero attached hydrogens (tertiary/aromatic N) is 1. The molecule has 4 nitrogen and oxygen atoms in total. The number of anilines is 1. The van der Waals surface area contributed by atoms with Gasteiger partial charge in [-0.15, -0.1) is 0 Å². The summed E-state index contributed by atoms with van der Waals surface area (Å²) in [5.41, 5.74) is 2.37. The summed E-state index contributed by atoms with van der Waals surface area (Å²) in [5, 5.41) is 0.246. The molecule has 0 bridgehead atoms. The third-order valence-corrected chi connectivity index (χ3v) is 6.09. The monoisotopic (exact) mass is 389 g/mol. The first kappa shape index (κ1) is 16.0. The SMILES string of the molecule is CC1C(=O)C2C(=O)C(=O)N3c4c(ccc(Cl)c4F)-c4cc(Cl)cc1c4C23. The minimum absolute atomic E-state index is 0.0635. The number of ketones is 2. The zero-order valence-corrected chi connectivity index (χ0v) is 14.9. The van der Waals surface area contributed by atoms with E-state index in [9.17, 15) is 18.8 Å². The molecule has 7 heteroatoms. The quantitative estimate of drug-likeness (QED) is 0.503. The van der Waals surface area contributed by atoms with Gasteiger partial charge in [0.25, 0.3) is 5.91 Å². The van der Waals surface area contributed by atoms with E-state index < -0.39 is 35.4 Å². The molecule has 130 valence electrons. The van der Waals surface area contributed by atoms with Gasteiger partial charge in [0.05, 0.1) is 16.8 Å². The maximum Gasteiger partial charge on any atom is 0.295 e. The Morgan fingerprint density at radius 2 is 1.81 bits per heavy atom. The fourth-order valence-electron chi connectivity index (χ4n) is 4.46. The van der Waals surface area contributed by atoms with Crippen molar-refractivity contribution in [2.24, 2.45) is 5.92 Å². The van der Waals surface area contributed by atoms with Gasteiger partial charge in [0, 0.05) is 16.5 Å². The van der Waals surface area contributed by atoms with Crippen LogP contribution >= 0.6 is 23.2 Å². The molecule has 0 saturated carbocycles.